The average Bonchev–Trinajstić information content (AvgIpc) is 2.59. The minimum Gasteiger partial charge on any atom is -0.352 e. The van der Waals surface area contributed by atoms with Crippen molar-refractivity contribution in [1.82, 2.24) is 10.6 Å². The van der Waals surface area contributed by atoms with Crippen molar-refractivity contribution in [1.29, 1.82) is 0 Å². The van der Waals surface area contributed by atoms with Crippen LogP contribution in [0.15, 0.2) is 53.5 Å². The molecule has 24 heavy (non-hydrogen) atoms. The molecule has 0 aliphatic heterocycles. The van der Waals surface area contributed by atoms with Crippen molar-refractivity contribution in [3.8, 4) is 0 Å². The Kier molecular flexibility index (Phi) is 6.31. The summed E-state index contributed by atoms with van der Waals surface area (Å²) >= 11 is 0. The fourth-order valence-corrected chi connectivity index (χ4v) is 2.04. The highest BCUT2D eigenvalue weighted by molar-refractivity contribution is 5.94. The molecule has 2 aromatic carbocycles. The molecule has 0 fully saturated rings. The summed E-state index contributed by atoms with van der Waals surface area (Å²) in [5, 5.41) is 8.74. The Balaban J connectivity index is 1.79. The largest absolute Gasteiger partial charge is 0.352 e. The van der Waals surface area contributed by atoms with Crippen LogP contribution in [0, 0.1) is 12.7 Å². The van der Waals surface area contributed by atoms with Gasteiger partial charge in [-0.1, -0.05) is 30.3 Å². The predicted molar refractivity (Wildman–Crippen MR) is 94.4 cm³/mol. The zero-order valence-electron chi connectivity index (χ0n) is 13.8. The Bertz CT molecular complexity index is 716. The third kappa shape index (κ3) is 5.39. The molecule has 0 saturated heterocycles. The number of carbonyl (C=O) groups is 1. The summed E-state index contributed by atoms with van der Waals surface area (Å²) in [7, 11) is 1.61. The van der Waals surface area contributed by atoms with Gasteiger partial charge in [0, 0.05) is 19.3 Å². The molecule has 1 amide bonds. The number of rotatable bonds is 5. The number of aliphatic imine (C=N–C) groups is 1. The smallest absolute Gasteiger partial charge is 0.243 e. The minimum atomic E-state index is -0.237. The van der Waals surface area contributed by atoms with Gasteiger partial charge in [0.2, 0.25) is 5.91 Å². The number of para-hydroxylation sites is 1. The van der Waals surface area contributed by atoms with E-state index in [4.69, 9.17) is 0 Å². The number of nitrogens with one attached hydrogen (secondary N) is 3. The summed E-state index contributed by atoms with van der Waals surface area (Å²) in [6.07, 6.45) is 0. The Morgan fingerprint density at radius 1 is 1.12 bits per heavy atom. The average molecular weight is 328 g/mol. The zero-order chi connectivity index (χ0) is 17.4. The van der Waals surface area contributed by atoms with Gasteiger partial charge in [0.25, 0.3) is 0 Å². The highest BCUT2D eigenvalue weighted by Crippen LogP contribution is 2.08. The summed E-state index contributed by atoms with van der Waals surface area (Å²) in [6.45, 7) is 2.21. The molecule has 0 unspecified atom stereocenters. The first-order valence-electron chi connectivity index (χ1n) is 7.63. The highest BCUT2D eigenvalue weighted by atomic mass is 19.1. The molecule has 0 aliphatic carbocycles. The van der Waals surface area contributed by atoms with Crippen molar-refractivity contribution in [3.63, 3.8) is 0 Å². The zero-order valence-corrected chi connectivity index (χ0v) is 13.8. The standard InChI is InChI=1S/C18H21FN4O/c1-13-8-9-14(10-16(13)19)11-21-18(20-2)22-12-17(24)23-15-6-4-3-5-7-15/h3-10H,11-12H2,1-2H3,(H,23,24)(H2,20,21,22). The maximum Gasteiger partial charge on any atom is 0.243 e. The van der Waals surface area contributed by atoms with Crippen LogP contribution >= 0.6 is 0 Å². The summed E-state index contributed by atoms with van der Waals surface area (Å²) in [4.78, 5) is 15.9. The topological polar surface area (TPSA) is 65.5 Å². The molecule has 0 aromatic heterocycles. The van der Waals surface area contributed by atoms with Crippen LogP contribution in [-0.4, -0.2) is 25.5 Å². The lowest BCUT2D eigenvalue weighted by Crippen LogP contribution is -2.41. The van der Waals surface area contributed by atoms with Gasteiger partial charge in [0.05, 0.1) is 6.54 Å². The van der Waals surface area contributed by atoms with E-state index in [2.05, 4.69) is 20.9 Å². The van der Waals surface area contributed by atoms with Crippen LogP contribution in [0.3, 0.4) is 0 Å². The van der Waals surface area contributed by atoms with E-state index in [1.165, 1.54) is 6.07 Å². The maximum absolute atomic E-state index is 13.5. The second-order valence-electron chi connectivity index (χ2n) is 5.28. The number of benzene rings is 2. The molecule has 126 valence electrons. The van der Waals surface area contributed by atoms with Gasteiger partial charge < -0.3 is 16.0 Å². The molecular formula is C18H21FN4O. The molecule has 0 radical (unpaired) electrons. The molecule has 0 aliphatic rings. The fraction of sp³-hybridized carbons (Fsp3) is 0.222. The molecule has 0 bridgehead atoms. The number of hydrogen-bond acceptors (Lipinski definition) is 2. The van der Waals surface area contributed by atoms with Crippen LogP contribution in [0.25, 0.3) is 0 Å². The van der Waals surface area contributed by atoms with Crippen molar-refractivity contribution in [2.24, 2.45) is 4.99 Å². The first-order chi connectivity index (χ1) is 11.6. The van der Waals surface area contributed by atoms with Crippen molar-refractivity contribution in [2.45, 2.75) is 13.5 Å². The summed E-state index contributed by atoms with van der Waals surface area (Å²) < 4.78 is 13.5. The van der Waals surface area contributed by atoms with Crippen molar-refractivity contribution in [3.05, 3.63) is 65.5 Å². The SMILES string of the molecule is CN=C(NCC(=O)Nc1ccccc1)NCc1ccc(C)c(F)c1. The quantitative estimate of drug-likeness (QED) is 0.583. The molecular weight excluding hydrogens is 307 g/mol. The van der Waals surface area contributed by atoms with E-state index in [9.17, 15) is 9.18 Å². The molecule has 6 heteroatoms. The Morgan fingerprint density at radius 3 is 2.54 bits per heavy atom. The minimum absolute atomic E-state index is 0.0802. The lowest BCUT2D eigenvalue weighted by atomic mass is 10.1. The van der Waals surface area contributed by atoms with Crippen LogP contribution in [0.5, 0.6) is 0 Å². The van der Waals surface area contributed by atoms with E-state index in [1.807, 2.05) is 36.4 Å². The molecule has 0 heterocycles. The Morgan fingerprint density at radius 2 is 1.88 bits per heavy atom. The third-order valence-electron chi connectivity index (χ3n) is 3.39. The van der Waals surface area contributed by atoms with Crippen LogP contribution < -0.4 is 16.0 Å². The number of hydrogen-bond donors (Lipinski definition) is 3. The Labute approximate surface area is 141 Å². The van der Waals surface area contributed by atoms with Gasteiger partial charge in [0.1, 0.15) is 5.82 Å². The number of halogens is 1. The second-order valence-corrected chi connectivity index (χ2v) is 5.28. The maximum atomic E-state index is 13.5. The lowest BCUT2D eigenvalue weighted by molar-refractivity contribution is -0.115. The Hall–Kier alpha value is -2.89. The van der Waals surface area contributed by atoms with Crippen LogP contribution in [-0.2, 0) is 11.3 Å². The van der Waals surface area contributed by atoms with E-state index in [0.717, 1.165) is 11.3 Å². The van der Waals surface area contributed by atoms with Crippen molar-refractivity contribution in [2.75, 3.05) is 18.9 Å². The van der Waals surface area contributed by atoms with Crippen molar-refractivity contribution >= 4 is 17.6 Å². The van der Waals surface area contributed by atoms with Crippen LogP contribution in [0.1, 0.15) is 11.1 Å². The monoisotopic (exact) mass is 328 g/mol. The van der Waals surface area contributed by atoms with Gasteiger partial charge in [-0.05, 0) is 36.2 Å². The number of aryl methyl sites for hydroxylation is 1. The predicted octanol–water partition coefficient (Wildman–Crippen LogP) is 2.44. The van der Waals surface area contributed by atoms with Gasteiger partial charge in [-0.2, -0.15) is 0 Å². The molecule has 2 aromatic rings. The first kappa shape index (κ1) is 17.5. The first-order valence-corrected chi connectivity index (χ1v) is 7.63. The number of amides is 1. The van der Waals surface area contributed by atoms with E-state index in [1.54, 1.807) is 20.0 Å². The molecule has 0 atom stereocenters. The van der Waals surface area contributed by atoms with Crippen LogP contribution in [0.4, 0.5) is 10.1 Å². The second kappa shape index (κ2) is 8.67. The van der Waals surface area contributed by atoms with Gasteiger partial charge in [0.15, 0.2) is 5.96 Å². The lowest BCUT2D eigenvalue weighted by Gasteiger charge is -2.12. The van der Waals surface area contributed by atoms with Gasteiger partial charge in [-0.3, -0.25) is 9.79 Å². The molecule has 5 nitrogen and oxygen atoms in total. The third-order valence-corrected chi connectivity index (χ3v) is 3.39. The van der Waals surface area contributed by atoms with Crippen molar-refractivity contribution < 1.29 is 9.18 Å². The van der Waals surface area contributed by atoms with E-state index < -0.39 is 0 Å². The number of carbonyl (C=O) groups excluding carboxylic acids is 1. The molecule has 0 saturated carbocycles. The van der Waals surface area contributed by atoms with Gasteiger partial charge in [-0.25, -0.2) is 4.39 Å². The van der Waals surface area contributed by atoms with E-state index in [0.29, 0.717) is 18.1 Å². The van der Waals surface area contributed by atoms with Gasteiger partial charge >= 0.3 is 0 Å². The fourth-order valence-electron chi connectivity index (χ4n) is 2.04. The van der Waals surface area contributed by atoms with Gasteiger partial charge in [-0.15, -0.1) is 0 Å². The number of nitrogens with zero attached hydrogens (tertiary/aromatic N) is 1. The van der Waals surface area contributed by atoms with E-state index >= 15 is 0 Å². The molecule has 3 N–H and O–H groups in total. The highest BCUT2D eigenvalue weighted by Gasteiger charge is 2.05. The van der Waals surface area contributed by atoms with E-state index in [-0.39, 0.29) is 18.3 Å². The summed E-state index contributed by atoms with van der Waals surface area (Å²) in [5.74, 6) is 0.0595. The molecule has 2 rings (SSSR count). The summed E-state index contributed by atoms with van der Waals surface area (Å²) in [5.41, 5.74) is 2.15. The summed E-state index contributed by atoms with van der Waals surface area (Å²) in [6, 6.07) is 14.3. The number of guanidine groups is 1. The van der Waals surface area contributed by atoms with Crippen LogP contribution in [0.2, 0.25) is 0 Å². The molecule has 0 spiro atoms. The normalized spacial score (nSPS) is 11.0. The number of anilines is 1.